The maximum absolute atomic E-state index is 10.8. The first-order chi connectivity index (χ1) is 4.33. The van der Waals surface area contributed by atoms with Crippen molar-refractivity contribution in [2.45, 2.75) is 18.6 Å². The van der Waals surface area contributed by atoms with E-state index in [1.54, 1.807) is 0 Å². The Morgan fingerprint density at radius 3 is 2.30 bits per heavy atom. The van der Waals surface area contributed by atoms with E-state index in [-0.39, 0.29) is 11.5 Å². The maximum atomic E-state index is 10.8. The lowest BCUT2D eigenvalue weighted by Gasteiger charge is -2.18. The summed E-state index contributed by atoms with van der Waals surface area (Å²) >= 11 is 0. The third kappa shape index (κ3) is 1.31. The predicted molar refractivity (Wildman–Crippen MR) is 37.3 cm³/mol. The molecule has 60 valence electrons. The second kappa shape index (κ2) is 1.93. The molecule has 0 aromatic carbocycles. The van der Waals surface area contributed by atoms with Crippen LogP contribution in [0.2, 0.25) is 0 Å². The van der Waals surface area contributed by atoms with E-state index in [0.29, 0.717) is 0 Å². The van der Waals surface area contributed by atoms with Crippen molar-refractivity contribution < 1.29 is 13.5 Å². The van der Waals surface area contributed by atoms with Gasteiger partial charge in [0.1, 0.15) is 0 Å². The maximum Gasteiger partial charge on any atom is 0.154 e. The summed E-state index contributed by atoms with van der Waals surface area (Å²) in [5.74, 6) is -0.304. The normalized spacial score (nSPS) is 45.7. The average molecular weight is 165 g/mol. The molecular formula is C5H11NO3S. The van der Waals surface area contributed by atoms with Gasteiger partial charge in [0.05, 0.1) is 17.1 Å². The number of rotatable bonds is 0. The predicted octanol–water partition coefficient (Wildman–Crippen LogP) is -1.51. The van der Waals surface area contributed by atoms with Gasteiger partial charge < -0.3 is 10.8 Å². The van der Waals surface area contributed by atoms with Crippen LogP contribution in [0.5, 0.6) is 0 Å². The highest BCUT2D eigenvalue weighted by Crippen LogP contribution is 2.20. The van der Waals surface area contributed by atoms with Gasteiger partial charge in [-0.25, -0.2) is 8.42 Å². The Morgan fingerprint density at radius 2 is 2.20 bits per heavy atom. The van der Waals surface area contributed by atoms with Crippen molar-refractivity contribution in [2.24, 2.45) is 5.73 Å². The molecule has 10 heavy (non-hydrogen) atoms. The highest BCUT2D eigenvalue weighted by atomic mass is 32.2. The first kappa shape index (κ1) is 7.97. The minimum atomic E-state index is -3.08. The summed E-state index contributed by atoms with van der Waals surface area (Å²) < 4.78 is 21.6. The topological polar surface area (TPSA) is 80.4 Å². The number of aliphatic hydroxyl groups is 1. The monoisotopic (exact) mass is 165 g/mol. The molecule has 0 bridgehead atoms. The molecule has 1 saturated heterocycles. The van der Waals surface area contributed by atoms with Crippen LogP contribution in [0.4, 0.5) is 0 Å². The fraction of sp³-hybridized carbons (Fsp3) is 1.00. The van der Waals surface area contributed by atoms with Crippen LogP contribution in [0, 0.1) is 0 Å². The van der Waals surface area contributed by atoms with Crippen LogP contribution in [0.3, 0.4) is 0 Å². The number of hydrogen-bond acceptors (Lipinski definition) is 4. The molecule has 0 spiro atoms. The molecule has 4 nitrogen and oxygen atoms in total. The van der Waals surface area contributed by atoms with Crippen molar-refractivity contribution in [3.63, 3.8) is 0 Å². The second-order valence-electron chi connectivity index (χ2n) is 3.02. The van der Waals surface area contributed by atoms with Crippen LogP contribution >= 0.6 is 0 Å². The van der Waals surface area contributed by atoms with Crippen LogP contribution in [0.25, 0.3) is 0 Å². The highest BCUT2D eigenvalue weighted by Gasteiger charge is 2.43. The van der Waals surface area contributed by atoms with E-state index in [0.717, 1.165) is 0 Å². The van der Waals surface area contributed by atoms with Gasteiger partial charge in [-0.3, -0.25) is 0 Å². The second-order valence-corrected chi connectivity index (χ2v) is 5.13. The zero-order valence-corrected chi connectivity index (χ0v) is 6.56. The van der Waals surface area contributed by atoms with Gasteiger partial charge in [0.2, 0.25) is 0 Å². The third-order valence-electron chi connectivity index (χ3n) is 1.74. The summed E-state index contributed by atoms with van der Waals surface area (Å²) in [5, 5.41) is 9.29. The summed E-state index contributed by atoms with van der Waals surface area (Å²) in [6.07, 6.45) is 0. The number of nitrogens with two attached hydrogens (primary N) is 1. The minimum Gasteiger partial charge on any atom is -0.387 e. The molecule has 0 aromatic rings. The summed E-state index contributed by atoms with van der Waals surface area (Å²) in [6, 6.07) is -0.627. The summed E-state index contributed by atoms with van der Waals surface area (Å²) in [4.78, 5) is 0. The van der Waals surface area contributed by atoms with E-state index in [9.17, 15) is 13.5 Å². The zero-order chi connectivity index (χ0) is 7.99. The number of hydrogen-bond donors (Lipinski definition) is 2. The Balaban J connectivity index is 2.92. The summed E-state index contributed by atoms with van der Waals surface area (Å²) in [6.45, 7) is 1.45. The lowest BCUT2D eigenvalue weighted by atomic mass is 10.0. The van der Waals surface area contributed by atoms with Gasteiger partial charge in [0.15, 0.2) is 9.84 Å². The van der Waals surface area contributed by atoms with E-state index in [1.807, 2.05) is 0 Å². The van der Waals surface area contributed by atoms with E-state index in [1.165, 1.54) is 6.92 Å². The summed E-state index contributed by atoms with van der Waals surface area (Å²) in [7, 11) is -3.08. The van der Waals surface area contributed by atoms with E-state index in [4.69, 9.17) is 5.73 Å². The molecule has 0 aromatic heterocycles. The third-order valence-corrected chi connectivity index (χ3v) is 3.64. The lowest BCUT2D eigenvalue weighted by molar-refractivity contribution is 0.0709. The van der Waals surface area contributed by atoms with E-state index >= 15 is 0 Å². The van der Waals surface area contributed by atoms with Crippen molar-refractivity contribution in [3.8, 4) is 0 Å². The molecule has 0 amide bonds. The Hall–Kier alpha value is -0.130. The largest absolute Gasteiger partial charge is 0.387 e. The molecule has 1 rings (SSSR count). The first-order valence-corrected chi connectivity index (χ1v) is 4.84. The molecule has 0 radical (unpaired) electrons. The van der Waals surface area contributed by atoms with Gasteiger partial charge in [-0.2, -0.15) is 0 Å². The van der Waals surface area contributed by atoms with Gasteiger partial charge >= 0.3 is 0 Å². The van der Waals surface area contributed by atoms with Crippen molar-refractivity contribution in [2.75, 3.05) is 11.5 Å². The Kier molecular flexibility index (Phi) is 1.54. The van der Waals surface area contributed by atoms with E-state index < -0.39 is 21.5 Å². The quantitative estimate of drug-likeness (QED) is 0.457. The molecule has 0 aliphatic carbocycles. The Morgan fingerprint density at radius 1 is 1.70 bits per heavy atom. The van der Waals surface area contributed by atoms with Crippen LogP contribution in [-0.4, -0.2) is 36.7 Å². The van der Waals surface area contributed by atoms with Gasteiger partial charge in [-0.05, 0) is 6.92 Å². The van der Waals surface area contributed by atoms with Gasteiger partial charge in [-0.15, -0.1) is 0 Å². The molecule has 1 heterocycles. The standard InChI is InChI=1S/C5H11NO3S/c1-5(7)3-10(8,9)2-4(5)6/h4,7H,2-3,6H2,1H3. The van der Waals surface area contributed by atoms with Crippen molar-refractivity contribution in [3.05, 3.63) is 0 Å². The lowest BCUT2D eigenvalue weighted by Crippen LogP contribution is -2.43. The van der Waals surface area contributed by atoms with Crippen molar-refractivity contribution in [1.29, 1.82) is 0 Å². The molecular weight excluding hydrogens is 154 g/mol. The SMILES string of the molecule is CC1(O)CS(=O)(=O)CC1N. The first-order valence-electron chi connectivity index (χ1n) is 3.02. The zero-order valence-electron chi connectivity index (χ0n) is 5.74. The Labute approximate surface area is 60.0 Å². The van der Waals surface area contributed by atoms with Crippen molar-refractivity contribution in [1.82, 2.24) is 0 Å². The molecule has 5 heteroatoms. The molecule has 0 saturated carbocycles. The molecule has 1 aliphatic rings. The van der Waals surface area contributed by atoms with Gasteiger partial charge in [0.25, 0.3) is 0 Å². The van der Waals surface area contributed by atoms with Gasteiger partial charge in [0, 0.05) is 6.04 Å². The fourth-order valence-corrected chi connectivity index (χ4v) is 3.19. The molecule has 1 fully saturated rings. The smallest absolute Gasteiger partial charge is 0.154 e. The van der Waals surface area contributed by atoms with Crippen LogP contribution in [0.15, 0.2) is 0 Å². The van der Waals surface area contributed by atoms with Crippen LogP contribution < -0.4 is 5.73 Å². The Bertz CT molecular complexity index is 231. The van der Waals surface area contributed by atoms with Crippen molar-refractivity contribution >= 4 is 9.84 Å². The van der Waals surface area contributed by atoms with Gasteiger partial charge in [-0.1, -0.05) is 0 Å². The average Bonchev–Trinajstić information content (AvgIpc) is 1.73. The summed E-state index contributed by atoms with van der Waals surface area (Å²) in [5.41, 5.74) is 4.14. The van der Waals surface area contributed by atoms with E-state index in [2.05, 4.69) is 0 Å². The van der Waals surface area contributed by atoms with Crippen LogP contribution in [-0.2, 0) is 9.84 Å². The molecule has 3 N–H and O–H groups in total. The fourth-order valence-electron chi connectivity index (χ4n) is 1.06. The molecule has 1 aliphatic heterocycles. The number of sulfone groups is 1. The molecule has 2 atom stereocenters. The molecule has 2 unspecified atom stereocenters. The van der Waals surface area contributed by atoms with Crippen LogP contribution in [0.1, 0.15) is 6.92 Å². The minimum absolute atomic E-state index is 0.0972. The highest BCUT2D eigenvalue weighted by molar-refractivity contribution is 7.91.